The molecule has 1 N–H and O–H groups in total. The Labute approximate surface area is 144 Å². The van der Waals surface area contributed by atoms with Crippen LogP contribution in [-0.4, -0.2) is 48.3 Å². The predicted molar refractivity (Wildman–Crippen MR) is 91.8 cm³/mol. The lowest BCUT2D eigenvalue weighted by Gasteiger charge is -2.32. The minimum absolute atomic E-state index is 0. The number of hydrogen-bond acceptors (Lipinski definition) is 4. The molecule has 1 aliphatic heterocycles. The first-order chi connectivity index (χ1) is 10.7. The summed E-state index contributed by atoms with van der Waals surface area (Å²) in [6.45, 7) is 4.77. The molecule has 2 rings (SSSR count). The van der Waals surface area contributed by atoms with Crippen molar-refractivity contribution in [3.05, 3.63) is 24.3 Å². The van der Waals surface area contributed by atoms with Crippen molar-refractivity contribution in [3.8, 4) is 11.5 Å². The Morgan fingerprint density at radius 3 is 2.35 bits per heavy atom. The van der Waals surface area contributed by atoms with Crippen molar-refractivity contribution in [1.82, 2.24) is 4.90 Å². The Bertz CT molecular complexity index is 466. The van der Waals surface area contributed by atoms with E-state index in [9.17, 15) is 9.90 Å². The Kier molecular flexibility index (Phi) is 8.81. The maximum absolute atomic E-state index is 11.2. The number of carbonyl (C=O) groups is 1. The Hall–Kier alpha value is -1.46. The van der Waals surface area contributed by atoms with Crippen LogP contribution in [0.3, 0.4) is 0 Å². The van der Waals surface area contributed by atoms with Gasteiger partial charge in [-0.3, -0.25) is 9.69 Å². The minimum Gasteiger partial charge on any atom is -0.494 e. The van der Waals surface area contributed by atoms with Gasteiger partial charge in [0.2, 0.25) is 0 Å². The normalized spacial score (nSPS) is 18.0. The van der Waals surface area contributed by atoms with Gasteiger partial charge in [0, 0.05) is 6.54 Å². The fourth-order valence-electron chi connectivity index (χ4n) is 2.67. The van der Waals surface area contributed by atoms with Gasteiger partial charge < -0.3 is 14.6 Å². The summed E-state index contributed by atoms with van der Waals surface area (Å²) in [7, 11) is 0. The number of aliphatic carboxylic acids is 1. The standard InChI is InChI=1S/C17H25NO4.ClH/c1-2-12-21-14-6-8-15(9-7-14)22-13-11-18-10-4-3-5-16(18)17(19)20;/h6-9,16H,2-5,10-13H2,1H3,(H,19,20);1H. The molecule has 1 fully saturated rings. The second kappa shape index (κ2) is 10.3. The van der Waals surface area contributed by atoms with E-state index >= 15 is 0 Å². The zero-order valence-corrected chi connectivity index (χ0v) is 14.4. The first-order valence-corrected chi connectivity index (χ1v) is 8.03. The van der Waals surface area contributed by atoms with Crippen molar-refractivity contribution in [2.45, 2.75) is 38.6 Å². The van der Waals surface area contributed by atoms with Crippen LogP contribution in [0.2, 0.25) is 0 Å². The molecule has 1 aromatic carbocycles. The maximum atomic E-state index is 11.2. The molecular formula is C17H26ClNO4. The van der Waals surface area contributed by atoms with Crippen LogP contribution in [0.5, 0.6) is 11.5 Å². The van der Waals surface area contributed by atoms with Gasteiger partial charge in [-0.15, -0.1) is 12.4 Å². The van der Waals surface area contributed by atoms with E-state index in [1.807, 2.05) is 29.2 Å². The molecule has 1 aliphatic rings. The van der Waals surface area contributed by atoms with E-state index in [4.69, 9.17) is 9.47 Å². The summed E-state index contributed by atoms with van der Waals surface area (Å²) >= 11 is 0. The molecule has 0 saturated carbocycles. The molecule has 5 nitrogen and oxygen atoms in total. The van der Waals surface area contributed by atoms with Crippen LogP contribution < -0.4 is 9.47 Å². The highest BCUT2D eigenvalue weighted by atomic mass is 35.5. The number of halogens is 1. The molecule has 0 amide bonds. The largest absolute Gasteiger partial charge is 0.494 e. The average molecular weight is 344 g/mol. The second-order valence-electron chi connectivity index (χ2n) is 5.55. The van der Waals surface area contributed by atoms with Crippen molar-refractivity contribution in [3.63, 3.8) is 0 Å². The highest BCUT2D eigenvalue weighted by molar-refractivity contribution is 5.85. The van der Waals surface area contributed by atoms with Crippen LogP contribution in [0, 0.1) is 0 Å². The van der Waals surface area contributed by atoms with Gasteiger partial charge in [0.1, 0.15) is 24.1 Å². The van der Waals surface area contributed by atoms with Crippen LogP contribution in [-0.2, 0) is 4.79 Å². The van der Waals surface area contributed by atoms with Crippen molar-refractivity contribution >= 4 is 18.4 Å². The summed E-state index contributed by atoms with van der Waals surface area (Å²) in [4.78, 5) is 13.2. The van der Waals surface area contributed by atoms with Crippen molar-refractivity contribution in [2.24, 2.45) is 0 Å². The molecule has 6 heteroatoms. The zero-order chi connectivity index (χ0) is 15.8. The lowest BCUT2D eigenvalue weighted by atomic mass is 10.0. The summed E-state index contributed by atoms with van der Waals surface area (Å²) in [5.41, 5.74) is 0. The van der Waals surface area contributed by atoms with Gasteiger partial charge in [0.25, 0.3) is 0 Å². The Morgan fingerprint density at radius 1 is 1.17 bits per heavy atom. The quantitative estimate of drug-likeness (QED) is 0.785. The van der Waals surface area contributed by atoms with E-state index < -0.39 is 5.97 Å². The van der Waals surface area contributed by atoms with E-state index in [0.717, 1.165) is 43.7 Å². The van der Waals surface area contributed by atoms with Gasteiger partial charge in [-0.2, -0.15) is 0 Å². The van der Waals surface area contributed by atoms with E-state index in [-0.39, 0.29) is 18.4 Å². The zero-order valence-electron chi connectivity index (χ0n) is 13.6. The maximum Gasteiger partial charge on any atom is 0.320 e. The number of piperidine rings is 1. The van der Waals surface area contributed by atoms with Crippen LogP contribution in [0.25, 0.3) is 0 Å². The molecule has 0 radical (unpaired) electrons. The van der Waals surface area contributed by atoms with Gasteiger partial charge >= 0.3 is 5.97 Å². The number of carboxylic acids is 1. The Balaban J connectivity index is 0.00000264. The first kappa shape index (κ1) is 19.6. The van der Waals surface area contributed by atoms with Gasteiger partial charge in [-0.05, 0) is 50.1 Å². The third kappa shape index (κ3) is 6.28. The van der Waals surface area contributed by atoms with Crippen LogP contribution in [0.4, 0.5) is 0 Å². The minimum atomic E-state index is -0.725. The highest BCUT2D eigenvalue weighted by Gasteiger charge is 2.27. The summed E-state index contributed by atoms with van der Waals surface area (Å²) in [5.74, 6) is 0.904. The van der Waals surface area contributed by atoms with Crippen molar-refractivity contribution in [1.29, 1.82) is 0 Å². The molecule has 0 aliphatic carbocycles. The van der Waals surface area contributed by atoms with Crippen LogP contribution >= 0.6 is 12.4 Å². The SMILES string of the molecule is CCCOc1ccc(OCCN2CCCCC2C(=O)O)cc1.Cl. The fraction of sp³-hybridized carbons (Fsp3) is 0.588. The topological polar surface area (TPSA) is 59.0 Å². The summed E-state index contributed by atoms with van der Waals surface area (Å²) < 4.78 is 11.2. The van der Waals surface area contributed by atoms with Crippen LogP contribution in [0.15, 0.2) is 24.3 Å². The molecule has 1 aromatic rings. The monoisotopic (exact) mass is 343 g/mol. The van der Waals surface area contributed by atoms with E-state index in [1.165, 1.54) is 0 Å². The fourth-order valence-corrected chi connectivity index (χ4v) is 2.67. The number of hydrogen-bond donors (Lipinski definition) is 1. The summed E-state index contributed by atoms with van der Waals surface area (Å²) in [6, 6.07) is 7.20. The second-order valence-corrected chi connectivity index (χ2v) is 5.55. The average Bonchev–Trinajstić information content (AvgIpc) is 2.54. The van der Waals surface area contributed by atoms with Gasteiger partial charge in [-0.25, -0.2) is 0 Å². The number of likely N-dealkylation sites (tertiary alicyclic amines) is 1. The van der Waals surface area contributed by atoms with Crippen LogP contribution in [0.1, 0.15) is 32.6 Å². The molecule has 1 atom stereocenters. The van der Waals surface area contributed by atoms with Crippen molar-refractivity contribution < 1.29 is 19.4 Å². The molecule has 0 bridgehead atoms. The van der Waals surface area contributed by atoms with E-state index in [1.54, 1.807) is 0 Å². The van der Waals surface area contributed by atoms with E-state index in [0.29, 0.717) is 19.8 Å². The number of carboxylic acid groups (broad SMARTS) is 1. The third-order valence-corrected chi connectivity index (χ3v) is 3.84. The van der Waals surface area contributed by atoms with Gasteiger partial charge in [0.05, 0.1) is 6.61 Å². The third-order valence-electron chi connectivity index (χ3n) is 3.84. The molecule has 1 heterocycles. The molecule has 1 unspecified atom stereocenters. The number of benzene rings is 1. The molecule has 0 spiro atoms. The number of nitrogens with zero attached hydrogens (tertiary/aromatic N) is 1. The van der Waals surface area contributed by atoms with Gasteiger partial charge in [-0.1, -0.05) is 13.3 Å². The lowest BCUT2D eigenvalue weighted by molar-refractivity contribution is -0.144. The first-order valence-electron chi connectivity index (χ1n) is 8.03. The van der Waals surface area contributed by atoms with Crippen molar-refractivity contribution in [2.75, 3.05) is 26.3 Å². The smallest absolute Gasteiger partial charge is 0.320 e. The molecule has 130 valence electrons. The highest BCUT2D eigenvalue weighted by Crippen LogP contribution is 2.19. The molecule has 1 saturated heterocycles. The molecular weight excluding hydrogens is 318 g/mol. The number of rotatable bonds is 8. The molecule has 0 aromatic heterocycles. The predicted octanol–water partition coefficient (Wildman–Crippen LogP) is 3.22. The van der Waals surface area contributed by atoms with Gasteiger partial charge in [0.15, 0.2) is 0 Å². The Morgan fingerprint density at radius 2 is 1.78 bits per heavy atom. The number of ether oxygens (including phenoxy) is 2. The van der Waals surface area contributed by atoms with E-state index in [2.05, 4.69) is 6.92 Å². The summed E-state index contributed by atoms with van der Waals surface area (Å²) in [5, 5.41) is 9.23. The lowest BCUT2D eigenvalue weighted by Crippen LogP contribution is -2.46. The summed E-state index contributed by atoms with van der Waals surface area (Å²) in [6.07, 6.45) is 3.78. The molecule has 23 heavy (non-hydrogen) atoms.